The molecule has 0 saturated carbocycles. The molecule has 2 fully saturated rings. The van der Waals surface area contributed by atoms with Crippen molar-refractivity contribution in [3.05, 3.63) is 59.2 Å². The second kappa shape index (κ2) is 11.0. The van der Waals surface area contributed by atoms with E-state index in [1.807, 2.05) is 18.2 Å². The molecule has 10 nitrogen and oxygen atoms in total. The van der Waals surface area contributed by atoms with Crippen molar-refractivity contribution in [3.8, 4) is 0 Å². The van der Waals surface area contributed by atoms with Crippen molar-refractivity contribution in [2.45, 2.75) is 6.04 Å². The predicted molar refractivity (Wildman–Crippen MR) is 162 cm³/mol. The molecule has 2 aliphatic heterocycles. The van der Waals surface area contributed by atoms with Crippen LogP contribution in [0.1, 0.15) is 0 Å². The van der Waals surface area contributed by atoms with Gasteiger partial charge in [0.2, 0.25) is 5.95 Å². The number of nitrogens with one attached hydrogen (secondary N) is 3. The quantitative estimate of drug-likeness (QED) is 0.259. The highest BCUT2D eigenvalue weighted by atomic mass is 79.9. The highest BCUT2D eigenvalue weighted by Gasteiger charge is 2.28. The van der Waals surface area contributed by atoms with Crippen molar-refractivity contribution < 1.29 is 8.96 Å². The fourth-order valence-electron chi connectivity index (χ4n) is 5.14. The number of nitrogens with zero attached hydrogens (tertiary/aromatic N) is 6. The van der Waals surface area contributed by atoms with Crippen molar-refractivity contribution in [3.63, 3.8) is 0 Å². The van der Waals surface area contributed by atoms with Crippen LogP contribution in [0.5, 0.6) is 0 Å². The van der Waals surface area contributed by atoms with Crippen molar-refractivity contribution in [1.29, 1.82) is 0 Å². The predicted octanol–water partition coefficient (Wildman–Crippen LogP) is 4.15. The molecule has 2 aromatic heterocycles. The van der Waals surface area contributed by atoms with Gasteiger partial charge in [-0.05, 0) is 59.6 Å². The molecule has 0 bridgehead atoms. The van der Waals surface area contributed by atoms with Crippen LogP contribution in [0.15, 0.2) is 53.4 Å². The van der Waals surface area contributed by atoms with Gasteiger partial charge in [-0.3, -0.25) is 14.9 Å². The van der Waals surface area contributed by atoms with Crippen LogP contribution >= 0.6 is 23.1 Å². The molecule has 0 unspecified atom stereocenters. The third-order valence-corrected chi connectivity index (χ3v) is 9.39. The maximum Gasteiger partial charge on any atom is 0.229 e. The van der Waals surface area contributed by atoms with E-state index in [4.69, 9.17) is 0 Å². The maximum absolute atomic E-state index is 15.2. The molecule has 0 spiro atoms. The van der Waals surface area contributed by atoms with E-state index < -0.39 is 7.14 Å². The van der Waals surface area contributed by atoms with E-state index in [0.29, 0.717) is 55.7 Å². The average Bonchev–Trinajstić information content (AvgIpc) is 2.89. The van der Waals surface area contributed by atoms with E-state index in [1.165, 1.54) is 6.07 Å². The fraction of sp³-hybridized carbons (Fsp3) is 0.333. The first kappa shape index (κ1) is 27.0. The smallest absolute Gasteiger partial charge is 0.229 e. The van der Waals surface area contributed by atoms with Crippen LogP contribution in [0.2, 0.25) is 0 Å². The number of rotatable bonds is 7. The Balaban J connectivity index is 1.20. The lowest BCUT2D eigenvalue weighted by Crippen LogP contribution is -2.61. The minimum atomic E-state index is -2.74. The Kier molecular flexibility index (Phi) is 7.43. The Bertz CT molecular complexity index is 1600. The van der Waals surface area contributed by atoms with E-state index in [2.05, 4.69) is 61.6 Å². The first-order chi connectivity index (χ1) is 19.3. The van der Waals surface area contributed by atoms with Gasteiger partial charge in [-0.15, -0.1) is 0 Å². The summed E-state index contributed by atoms with van der Waals surface area (Å²) in [6.07, 6.45) is 4.81. The molecule has 4 aromatic rings. The number of fused-ring (bicyclic) bond motifs is 1. The average molecular weight is 626 g/mol. The second-order valence-electron chi connectivity index (χ2n) is 10.4. The van der Waals surface area contributed by atoms with Gasteiger partial charge in [0.05, 0.1) is 26.7 Å². The van der Waals surface area contributed by atoms with Gasteiger partial charge in [0.1, 0.15) is 24.3 Å². The Morgan fingerprint density at radius 3 is 2.50 bits per heavy atom. The molecule has 0 radical (unpaired) electrons. The lowest BCUT2D eigenvalue weighted by atomic mass is 10.1. The van der Waals surface area contributed by atoms with Gasteiger partial charge in [-0.1, -0.05) is 0 Å². The number of hydrogen-bond acceptors (Lipinski definition) is 10. The summed E-state index contributed by atoms with van der Waals surface area (Å²) in [5.41, 5.74) is 3.02. The molecule has 2 aromatic carbocycles. The molecule has 4 heterocycles. The van der Waals surface area contributed by atoms with Crippen LogP contribution < -0.4 is 26.2 Å². The molecule has 40 heavy (non-hydrogen) atoms. The van der Waals surface area contributed by atoms with Gasteiger partial charge < -0.3 is 25.4 Å². The summed E-state index contributed by atoms with van der Waals surface area (Å²) in [5, 5.41) is 10.3. The molecular formula is C27H30BrFN9OP. The van der Waals surface area contributed by atoms with E-state index in [0.717, 1.165) is 39.3 Å². The van der Waals surface area contributed by atoms with Crippen LogP contribution in [-0.2, 0) is 4.57 Å². The number of hydrogen-bond donors (Lipinski definition) is 3. The van der Waals surface area contributed by atoms with Gasteiger partial charge >= 0.3 is 0 Å². The van der Waals surface area contributed by atoms with E-state index in [1.54, 1.807) is 38.0 Å². The number of aromatic nitrogens is 4. The van der Waals surface area contributed by atoms with Crippen LogP contribution in [-0.4, -0.2) is 83.5 Å². The summed E-state index contributed by atoms with van der Waals surface area (Å²) in [6, 6.07) is 9.37. The summed E-state index contributed by atoms with van der Waals surface area (Å²) < 4.78 is 29.1. The lowest BCUT2D eigenvalue weighted by molar-refractivity contribution is 0.137. The van der Waals surface area contributed by atoms with Crippen LogP contribution in [0, 0.1) is 5.82 Å². The van der Waals surface area contributed by atoms with E-state index in [-0.39, 0.29) is 5.82 Å². The molecule has 2 aliphatic rings. The SMILES string of the molecule is CP(C)(=O)c1c(Nc2nc(Nc3ccc(N4CCN(C5CNC5)CC4)c(F)c3)ncc2Br)ccc2nccnc12. The van der Waals surface area contributed by atoms with Crippen molar-refractivity contribution in [2.24, 2.45) is 0 Å². The Morgan fingerprint density at radius 1 is 1.02 bits per heavy atom. The zero-order valence-corrected chi connectivity index (χ0v) is 24.7. The Morgan fingerprint density at radius 2 is 1.80 bits per heavy atom. The normalized spacial score (nSPS) is 16.6. The third-order valence-electron chi connectivity index (χ3n) is 7.28. The standard InChI is InChI=1S/C27H30BrFN9OP/c1-40(2,39)25-22(5-4-21-24(25)32-8-7-31-21)35-26-19(28)16-33-27(36-26)34-17-3-6-23(20(29)13-17)38-11-9-37(10-12-38)18-14-30-15-18/h3-8,13,16,18,30H,9-12,14-15H2,1-2H3,(H2,33,34,35,36). The molecule has 6 rings (SSSR count). The molecule has 0 amide bonds. The van der Waals surface area contributed by atoms with Crippen LogP contribution in [0.25, 0.3) is 11.0 Å². The minimum absolute atomic E-state index is 0.289. The second-order valence-corrected chi connectivity index (χ2v) is 14.4. The van der Waals surface area contributed by atoms with Crippen molar-refractivity contribution in [1.82, 2.24) is 30.2 Å². The monoisotopic (exact) mass is 625 g/mol. The third kappa shape index (κ3) is 5.54. The Hall–Kier alpha value is -3.18. The van der Waals surface area contributed by atoms with Crippen molar-refractivity contribution in [2.75, 3.05) is 68.1 Å². The molecule has 0 aliphatic carbocycles. The fourth-order valence-corrected chi connectivity index (χ4v) is 6.82. The number of piperazine rings is 1. The molecule has 208 valence electrons. The first-order valence-corrected chi connectivity index (χ1v) is 16.5. The minimum Gasteiger partial charge on any atom is -0.367 e. The van der Waals surface area contributed by atoms with E-state index >= 15 is 4.39 Å². The largest absolute Gasteiger partial charge is 0.367 e. The van der Waals surface area contributed by atoms with Gasteiger partial charge in [0.25, 0.3) is 0 Å². The highest BCUT2D eigenvalue weighted by molar-refractivity contribution is 9.10. The zero-order valence-electron chi connectivity index (χ0n) is 22.2. The topological polar surface area (TPSA) is 111 Å². The summed E-state index contributed by atoms with van der Waals surface area (Å²) in [5.74, 6) is 0.466. The molecule has 0 atom stereocenters. The van der Waals surface area contributed by atoms with Crippen molar-refractivity contribution >= 4 is 68.2 Å². The summed E-state index contributed by atoms with van der Waals surface area (Å²) in [7, 11) is -2.74. The van der Waals surface area contributed by atoms with Gasteiger partial charge in [-0.25, -0.2) is 9.37 Å². The highest BCUT2D eigenvalue weighted by Crippen LogP contribution is 2.41. The summed E-state index contributed by atoms with van der Waals surface area (Å²) in [6.45, 7) is 8.96. The zero-order chi connectivity index (χ0) is 27.9. The number of halogens is 2. The van der Waals surface area contributed by atoms with Crippen LogP contribution in [0.4, 0.5) is 33.2 Å². The van der Waals surface area contributed by atoms with E-state index in [9.17, 15) is 4.57 Å². The maximum atomic E-state index is 15.2. The van der Waals surface area contributed by atoms with Gasteiger partial charge in [0.15, 0.2) is 0 Å². The van der Waals surface area contributed by atoms with Gasteiger partial charge in [-0.2, -0.15) is 4.98 Å². The number of benzene rings is 2. The number of anilines is 5. The molecule has 13 heteroatoms. The van der Waals surface area contributed by atoms with Crippen LogP contribution in [0.3, 0.4) is 0 Å². The molecule has 3 N–H and O–H groups in total. The molecule has 2 saturated heterocycles. The Labute approximate surface area is 240 Å². The summed E-state index contributed by atoms with van der Waals surface area (Å²) >= 11 is 3.50. The van der Waals surface area contributed by atoms with Gasteiger partial charge in [0, 0.05) is 69.6 Å². The lowest BCUT2D eigenvalue weighted by Gasteiger charge is -2.43. The summed E-state index contributed by atoms with van der Waals surface area (Å²) in [4.78, 5) is 22.3. The molecular weight excluding hydrogens is 596 g/mol. The first-order valence-electron chi connectivity index (χ1n) is 13.1.